The molecule has 11 heteroatoms. The molecule has 3 heterocycles. The third-order valence-corrected chi connectivity index (χ3v) is 6.51. The quantitative estimate of drug-likeness (QED) is 0.325. The number of thiazole rings is 1. The summed E-state index contributed by atoms with van der Waals surface area (Å²) in [5, 5.41) is 3.35. The van der Waals surface area contributed by atoms with Gasteiger partial charge in [0, 0.05) is 4.88 Å². The standard InChI is InChI=1S/C18H18N4O4S3/c1-4-6-26-16(25)13-9(3)19-17(29-13)20-12(23)8-22-15(24)11-7-10(5-2)28-14(11)21-18(22)27/h4,7H,1,5-6,8H2,2-3H3,(H,21,27)(H,19,20,23). The molecule has 2 N–H and O–H groups in total. The van der Waals surface area contributed by atoms with Crippen molar-refractivity contribution in [3.63, 3.8) is 0 Å². The fourth-order valence-corrected chi connectivity index (χ4v) is 4.73. The average molecular weight is 451 g/mol. The first-order valence-electron chi connectivity index (χ1n) is 8.64. The summed E-state index contributed by atoms with van der Waals surface area (Å²) in [5.41, 5.74) is 0.125. The highest BCUT2D eigenvalue weighted by Gasteiger charge is 2.18. The second-order valence-corrected chi connectivity index (χ2v) is 8.52. The zero-order chi connectivity index (χ0) is 21.1. The molecule has 0 fully saturated rings. The molecular weight excluding hydrogens is 432 g/mol. The Morgan fingerprint density at radius 3 is 2.90 bits per heavy atom. The molecule has 0 aliphatic rings. The van der Waals surface area contributed by atoms with Gasteiger partial charge in [-0.25, -0.2) is 9.78 Å². The number of nitrogens with zero attached hydrogens (tertiary/aromatic N) is 2. The van der Waals surface area contributed by atoms with Crippen molar-refractivity contribution < 1.29 is 14.3 Å². The molecule has 0 aliphatic carbocycles. The van der Waals surface area contributed by atoms with Crippen molar-refractivity contribution >= 4 is 62.1 Å². The predicted octanol–water partition coefficient (Wildman–Crippen LogP) is 3.43. The molecule has 0 bridgehead atoms. The Kier molecular flexibility index (Phi) is 6.40. The highest BCUT2D eigenvalue weighted by molar-refractivity contribution is 7.71. The van der Waals surface area contributed by atoms with Gasteiger partial charge in [0.15, 0.2) is 9.90 Å². The number of thiophene rings is 1. The Morgan fingerprint density at radius 2 is 2.21 bits per heavy atom. The number of rotatable bonds is 7. The van der Waals surface area contributed by atoms with Crippen LogP contribution in [0.1, 0.15) is 27.2 Å². The lowest BCUT2D eigenvalue weighted by molar-refractivity contribution is -0.116. The van der Waals surface area contributed by atoms with E-state index in [4.69, 9.17) is 17.0 Å². The second kappa shape index (κ2) is 8.80. The van der Waals surface area contributed by atoms with Gasteiger partial charge in [0.05, 0.1) is 11.1 Å². The minimum Gasteiger partial charge on any atom is -0.457 e. The maximum Gasteiger partial charge on any atom is 0.350 e. The Morgan fingerprint density at radius 1 is 1.45 bits per heavy atom. The molecule has 3 aromatic rings. The number of fused-ring (bicyclic) bond motifs is 1. The zero-order valence-corrected chi connectivity index (χ0v) is 18.2. The van der Waals surface area contributed by atoms with Crippen LogP contribution in [-0.4, -0.2) is 33.0 Å². The van der Waals surface area contributed by atoms with Crippen LogP contribution in [0.15, 0.2) is 23.5 Å². The van der Waals surface area contributed by atoms with Gasteiger partial charge in [0.25, 0.3) is 5.56 Å². The molecule has 1 amide bonds. The van der Waals surface area contributed by atoms with E-state index in [1.807, 2.05) is 13.0 Å². The minimum atomic E-state index is -0.534. The van der Waals surface area contributed by atoms with Crippen molar-refractivity contribution in [2.45, 2.75) is 26.8 Å². The molecule has 0 saturated heterocycles. The molecule has 0 saturated carbocycles. The van der Waals surface area contributed by atoms with Crippen molar-refractivity contribution in [3.8, 4) is 0 Å². The summed E-state index contributed by atoms with van der Waals surface area (Å²) in [7, 11) is 0. The summed E-state index contributed by atoms with van der Waals surface area (Å²) in [6.07, 6.45) is 2.27. The van der Waals surface area contributed by atoms with Crippen LogP contribution in [0.5, 0.6) is 0 Å². The van der Waals surface area contributed by atoms with E-state index in [9.17, 15) is 14.4 Å². The summed E-state index contributed by atoms with van der Waals surface area (Å²) in [5.74, 6) is -1.01. The Hall–Kier alpha value is -2.63. The first kappa shape index (κ1) is 21.1. The first-order valence-corrected chi connectivity index (χ1v) is 10.7. The topological polar surface area (TPSA) is 106 Å². The Balaban J connectivity index is 1.79. The van der Waals surface area contributed by atoms with Gasteiger partial charge in [0.2, 0.25) is 5.91 Å². The minimum absolute atomic E-state index is 0.0870. The van der Waals surface area contributed by atoms with E-state index in [-0.39, 0.29) is 28.6 Å². The van der Waals surface area contributed by atoms with Crippen LogP contribution in [0, 0.1) is 11.7 Å². The van der Waals surface area contributed by atoms with E-state index in [0.717, 1.165) is 22.6 Å². The molecule has 0 aliphatic heterocycles. The molecule has 0 atom stereocenters. The SMILES string of the molecule is C=CCOC(=O)c1sc(NC(=O)Cn2c(=S)[nH]c3sc(CC)cc3c2=O)nc1C. The molecule has 8 nitrogen and oxygen atoms in total. The maximum absolute atomic E-state index is 12.7. The number of hydrogen-bond donors (Lipinski definition) is 2. The maximum atomic E-state index is 12.7. The van der Waals surface area contributed by atoms with Gasteiger partial charge >= 0.3 is 5.97 Å². The summed E-state index contributed by atoms with van der Waals surface area (Å²) in [4.78, 5) is 46.4. The lowest BCUT2D eigenvalue weighted by Gasteiger charge is -2.06. The number of amides is 1. The number of hydrogen-bond acceptors (Lipinski definition) is 8. The lowest BCUT2D eigenvalue weighted by Crippen LogP contribution is -2.28. The largest absolute Gasteiger partial charge is 0.457 e. The molecule has 0 radical (unpaired) electrons. The van der Waals surface area contributed by atoms with Crippen LogP contribution in [0.2, 0.25) is 0 Å². The predicted molar refractivity (Wildman–Crippen MR) is 117 cm³/mol. The number of aryl methyl sites for hydroxylation is 2. The van der Waals surface area contributed by atoms with E-state index in [1.54, 1.807) is 6.92 Å². The number of aromatic amines is 1. The fourth-order valence-electron chi connectivity index (χ4n) is 2.56. The van der Waals surface area contributed by atoms with E-state index in [0.29, 0.717) is 20.8 Å². The summed E-state index contributed by atoms with van der Waals surface area (Å²) >= 11 is 7.72. The van der Waals surface area contributed by atoms with Crippen LogP contribution >= 0.6 is 34.9 Å². The summed E-state index contributed by atoms with van der Waals surface area (Å²) < 4.78 is 6.37. The highest BCUT2D eigenvalue weighted by atomic mass is 32.1. The fraction of sp³-hybridized carbons (Fsp3) is 0.278. The average Bonchev–Trinajstić information content (AvgIpc) is 3.26. The van der Waals surface area contributed by atoms with E-state index in [2.05, 4.69) is 21.9 Å². The van der Waals surface area contributed by atoms with Crippen LogP contribution in [0.4, 0.5) is 5.13 Å². The monoisotopic (exact) mass is 450 g/mol. The van der Waals surface area contributed by atoms with Gasteiger partial charge in [-0.05, 0) is 31.6 Å². The van der Waals surface area contributed by atoms with Crippen LogP contribution in [-0.2, 0) is 22.5 Å². The highest BCUT2D eigenvalue weighted by Crippen LogP contribution is 2.24. The van der Waals surface area contributed by atoms with Crippen molar-refractivity contribution in [1.82, 2.24) is 14.5 Å². The molecule has 3 aromatic heterocycles. The first-order chi connectivity index (χ1) is 13.8. The molecule has 29 heavy (non-hydrogen) atoms. The van der Waals surface area contributed by atoms with E-state index >= 15 is 0 Å². The van der Waals surface area contributed by atoms with Crippen LogP contribution in [0.3, 0.4) is 0 Å². The van der Waals surface area contributed by atoms with Crippen molar-refractivity contribution in [2.75, 3.05) is 11.9 Å². The third-order valence-electron chi connectivity index (χ3n) is 3.94. The molecular formula is C18H18N4O4S3. The summed E-state index contributed by atoms with van der Waals surface area (Å²) in [6, 6.07) is 1.81. The number of carbonyl (C=O) groups excluding carboxylic acids is 2. The van der Waals surface area contributed by atoms with E-state index in [1.165, 1.54) is 22.0 Å². The Bertz CT molecular complexity index is 1220. The number of esters is 1. The molecule has 0 unspecified atom stereocenters. The third kappa shape index (κ3) is 4.52. The van der Waals surface area contributed by atoms with Gasteiger partial charge in [-0.1, -0.05) is 30.9 Å². The van der Waals surface area contributed by atoms with Gasteiger partial charge in [-0.3, -0.25) is 14.2 Å². The van der Waals surface area contributed by atoms with Crippen molar-refractivity contribution in [2.24, 2.45) is 0 Å². The van der Waals surface area contributed by atoms with Gasteiger partial charge in [-0.15, -0.1) is 11.3 Å². The van der Waals surface area contributed by atoms with Crippen molar-refractivity contribution in [1.29, 1.82) is 0 Å². The number of ether oxygens (including phenoxy) is 1. The van der Waals surface area contributed by atoms with Crippen molar-refractivity contribution in [3.05, 3.63) is 49.3 Å². The van der Waals surface area contributed by atoms with Gasteiger partial charge in [0.1, 0.15) is 22.9 Å². The normalized spacial score (nSPS) is 10.8. The van der Waals surface area contributed by atoms with Gasteiger partial charge < -0.3 is 15.0 Å². The number of aromatic nitrogens is 3. The number of nitrogens with one attached hydrogen (secondary N) is 2. The zero-order valence-electron chi connectivity index (χ0n) is 15.7. The van der Waals surface area contributed by atoms with Gasteiger partial charge in [-0.2, -0.15) is 0 Å². The smallest absolute Gasteiger partial charge is 0.350 e. The van der Waals surface area contributed by atoms with Crippen LogP contribution < -0.4 is 10.9 Å². The Labute approximate surface area is 178 Å². The molecule has 0 spiro atoms. The summed E-state index contributed by atoms with van der Waals surface area (Å²) in [6.45, 7) is 6.96. The molecule has 3 rings (SSSR count). The van der Waals surface area contributed by atoms with E-state index < -0.39 is 11.9 Å². The number of carbonyl (C=O) groups is 2. The number of H-pyrrole nitrogens is 1. The number of anilines is 1. The molecule has 152 valence electrons. The van der Waals surface area contributed by atoms with Crippen LogP contribution in [0.25, 0.3) is 10.2 Å². The molecule has 0 aromatic carbocycles. The lowest BCUT2D eigenvalue weighted by atomic mass is 10.3. The second-order valence-electron chi connectivity index (χ2n) is 6.00.